The molecule has 0 aliphatic rings. The Hall–Kier alpha value is -5.05. The standard InChI is InChI=1S/C27H20N2O7/c1-33-24-13-18-16-7-3-5-10-21(16)36-23(18)14-20(24)28-25(30)15-35-27(32)17-8-2-4-9-19(17)29-26(31)22-11-6-12-34-22/h2-14H,15H2,1H3,(H,28,30)(H,29,31). The van der Waals surface area contributed by atoms with Crippen LogP contribution in [0.15, 0.2) is 87.9 Å². The SMILES string of the molecule is COc1cc2c(cc1NC(=O)COC(=O)c1ccccc1NC(=O)c1ccco1)oc1ccccc12. The Morgan fingerprint density at radius 1 is 0.833 bits per heavy atom. The fourth-order valence-electron chi connectivity index (χ4n) is 3.77. The summed E-state index contributed by atoms with van der Waals surface area (Å²) in [7, 11) is 1.49. The smallest absolute Gasteiger partial charge is 0.340 e. The van der Waals surface area contributed by atoms with Crippen LogP contribution in [-0.2, 0) is 9.53 Å². The van der Waals surface area contributed by atoms with Crippen LogP contribution in [0.3, 0.4) is 0 Å². The molecule has 0 radical (unpaired) electrons. The third-order valence-corrected chi connectivity index (χ3v) is 5.45. The van der Waals surface area contributed by atoms with E-state index in [-0.39, 0.29) is 17.0 Å². The molecule has 2 heterocycles. The van der Waals surface area contributed by atoms with Crippen molar-refractivity contribution in [1.82, 2.24) is 0 Å². The Labute approximate surface area is 204 Å². The van der Waals surface area contributed by atoms with Gasteiger partial charge in [0.1, 0.15) is 16.9 Å². The second-order valence-electron chi connectivity index (χ2n) is 7.75. The van der Waals surface area contributed by atoms with Gasteiger partial charge in [-0.1, -0.05) is 30.3 Å². The summed E-state index contributed by atoms with van der Waals surface area (Å²) in [5.41, 5.74) is 1.97. The molecule has 5 aromatic rings. The average Bonchev–Trinajstić information content (AvgIpc) is 3.55. The van der Waals surface area contributed by atoms with E-state index in [0.29, 0.717) is 22.6 Å². The van der Waals surface area contributed by atoms with E-state index < -0.39 is 24.4 Å². The second-order valence-corrected chi connectivity index (χ2v) is 7.75. The Morgan fingerprint density at radius 3 is 2.44 bits per heavy atom. The molecule has 0 saturated heterocycles. The van der Waals surface area contributed by atoms with Crippen molar-refractivity contribution in [3.8, 4) is 5.75 Å². The lowest BCUT2D eigenvalue weighted by molar-refractivity contribution is -0.119. The van der Waals surface area contributed by atoms with Crippen LogP contribution >= 0.6 is 0 Å². The van der Waals surface area contributed by atoms with Gasteiger partial charge in [-0.3, -0.25) is 9.59 Å². The maximum Gasteiger partial charge on any atom is 0.340 e. The molecule has 0 aliphatic heterocycles. The fraction of sp³-hybridized carbons (Fsp3) is 0.0741. The lowest BCUT2D eigenvalue weighted by Gasteiger charge is -2.12. The number of furan rings is 2. The van der Waals surface area contributed by atoms with Gasteiger partial charge in [0.15, 0.2) is 12.4 Å². The van der Waals surface area contributed by atoms with E-state index >= 15 is 0 Å². The molecule has 0 saturated carbocycles. The van der Waals surface area contributed by atoms with Gasteiger partial charge in [-0.15, -0.1) is 0 Å². The molecule has 0 unspecified atom stereocenters. The second kappa shape index (κ2) is 9.67. The summed E-state index contributed by atoms with van der Waals surface area (Å²) in [6.45, 7) is -0.555. The first-order valence-electron chi connectivity index (χ1n) is 10.9. The fourth-order valence-corrected chi connectivity index (χ4v) is 3.77. The summed E-state index contributed by atoms with van der Waals surface area (Å²) in [5.74, 6) is -1.35. The van der Waals surface area contributed by atoms with Gasteiger partial charge in [-0.2, -0.15) is 0 Å². The molecule has 180 valence electrons. The van der Waals surface area contributed by atoms with E-state index in [1.807, 2.05) is 24.3 Å². The first-order valence-corrected chi connectivity index (χ1v) is 10.9. The zero-order chi connectivity index (χ0) is 25.1. The molecule has 0 bridgehead atoms. The van der Waals surface area contributed by atoms with Crippen molar-refractivity contribution >= 4 is 51.1 Å². The molecule has 9 heteroatoms. The van der Waals surface area contributed by atoms with Gasteiger partial charge in [0.25, 0.3) is 11.8 Å². The zero-order valence-corrected chi connectivity index (χ0v) is 19.1. The molecule has 0 fully saturated rings. The third-order valence-electron chi connectivity index (χ3n) is 5.45. The normalized spacial score (nSPS) is 10.8. The molecule has 0 aliphatic carbocycles. The summed E-state index contributed by atoms with van der Waals surface area (Å²) in [6, 6.07) is 20.4. The maximum atomic E-state index is 12.7. The number of benzene rings is 3. The molecule has 2 aromatic heterocycles. The van der Waals surface area contributed by atoms with Crippen molar-refractivity contribution in [2.45, 2.75) is 0 Å². The summed E-state index contributed by atoms with van der Waals surface area (Å²) in [6.07, 6.45) is 1.37. The first kappa shape index (κ1) is 22.7. The Balaban J connectivity index is 1.28. The van der Waals surface area contributed by atoms with E-state index in [2.05, 4.69) is 10.6 Å². The molecule has 0 atom stereocenters. The first-order chi connectivity index (χ1) is 17.5. The van der Waals surface area contributed by atoms with Gasteiger partial charge >= 0.3 is 5.97 Å². The molecular weight excluding hydrogens is 464 g/mol. The molecule has 5 rings (SSSR count). The number of amides is 2. The molecule has 0 spiro atoms. The van der Waals surface area contributed by atoms with Crippen molar-refractivity contribution in [2.24, 2.45) is 0 Å². The van der Waals surface area contributed by atoms with Crippen LogP contribution in [0, 0.1) is 0 Å². The number of carbonyl (C=O) groups excluding carboxylic acids is 3. The summed E-state index contributed by atoms with van der Waals surface area (Å²) in [5, 5.41) is 7.06. The largest absolute Gasteiger partial charge is 0.495 e. The number of fused-ring (bicyclic) bond motifs is 3. The predicted molar refractivity (Wildman–Crippen MR) is 132 cm³/mol. The van der Waals surface area contributed by atoms with Crippen molar-refractivity contribution in [1.29, 1.82) is 0 Å². The number of esters is 1. The van der Waals surface area contributed by atoms with Crippen LogP contribution in [0.4, 0.5) is 11.4 Å². The average molecular weight is 484 g/mol. The third kappa shape index (κ3) is 4.49. The molecule has 9 nitrogen and oxygen atoms in total. The zero-order valence-electron chi connectivity index (χ0n) is 19.1. The number of anilines is 2. The summed E-state index contributed by atoms with van der Waals surface area (Å²) >= 11 is 0. The number of hydrogen-bond acceptors (Lipinski definition) is 7. The van der Waals surface area contributed by atoms with E-state index in [1.54, 1.807) is 36.4 Å². The van der Waals surface area contributed by atoms with Gasteiger partial charge in [-0.25, -0.2) is 4.79 Å². The minimum absolute atomic E-state index is 0.0893. The highest BCUT2D eigenvalue weighted by Crippen LogP contribution is 2.36. The lowest BCUT2D eigenvalue weighted by Crippen LogP contribution is -2.22. The number of carbonyl (C=O) groups is 3. The number of nitrogens with one attached hydrogen (secondary N) is 2. The molecular formula is C27H20N2O7. The molecule has 36 heavy (non-hydrogen) atoms. The Morgan fingerprint density at radius 2 is 1.64 bits per heavy atom. The molecule has 2 N–H and O–H groups in total. The Kier molecular flexibility index (Phi) is 6.10. The maximum absolute atomic E-state index is 12.7. The molecule has 3 aromatic carbocycles. The number of hydrogen-bond donors (Lipinski definition) is 2. The quantitative estimate of drug-likeness (QED) is 0.303. The van der Waals surface area contributed by atoms with E-state index in [1.165, 1.54) is 25.5 Å². The van der Waals surface area contributed by atoms with Gasteiger partial charge in [0, 0.05) is 16.8 Å². The minimum Gasteiger partial charge on any atom is -0.495 e. The van der Waals surface area contributed by atoms with Gasteiger partial charge in [0.2, 0.25) is 0 Å². The van der Waals surface area contributed by atoms with Crippen LogP contribution in [0.2, 0.25) is 0 Å². The molecule has 2 amide bonds. The number of ether oxygens (including phenoxy) is 2. The van der Waals surface area contributed by atoms with Crippen LogP contribution in [-0.4, -0.2) is 31.5 Å². The number of rotatable bonds is 7. The lowest BCUT2D eigenvalue weighted by atomic mass is 10.1. The Bertz CT molecular complexity index is 1580. The highest BCUT2D eigenvalue weighted by atomic mass is 16.5. The predicted octanol–water partition coefficient (Wildman–Crippen LogP) is 5.24. The van der Waals surface area contributed by atoms with Crippen molar-refractivity contribution < 1.29 is 32.7 Å². The van der Waals surface area contributed by atoms with Crippen LogP contribution < -0.4 is 15.4 Å². The highest BCUT2D eigenvalue weighted by molar-refractivity contribution is 6.09. The highest BCUT2D eigenvalue weighted by Gasteiger charge is 2.19. The number of methoxy groups -OCH3 is 1. The summed E-state index contributed by atoms with van der Waals surface area (Å²) in [4.78, 5) is 37.5. The van der Waals surface area contributed by atoms with Crippen molar-refractivity contribution in [3.05, 3.63) is 90.4 Å². The monoisotopic (exact) mass is 484 g/mol. The van der Waals surface area contributed by atoms with E-state index in [4.69, 9.17) is 18.3 Å². The van der Waals surface area contributed by atoms with E-state index in [9.17, 15) is 14.4 Å². The minimum atomic E-state index is -0.778. The van der Waals surface area contributed by atoms with Crippen molar-refractivity contribution in [3.63, 3.8) is 0 Å². The van der Waals surface area contributed by atoms with Crippen LogP contribution in [0.1, 0.15) is 20.9 Å². The van der Waals surface area contributed by atoms with Crippen LogP contribution in [0.25, 0.3) is 21.9 Å². The van der Waals surface area contributed by atoms with Crippen molar-refractivity contribution in [2.75, 3.05) is 24.4 Å². The van der Waals surface area contributed by atoms with Gasteiger partial charge < -0.3 is 28.9 Å². The summed E-state index contributed by atoms with van der Waals surface area (Å²) < 4.78 is 21.6. The number of para-hydroxylation sites is 2. The van der Waals surface area contributed by atoms with Crippen LogP contribution in [0.5, 0.6) is 5.75 Å². The van der Waals surface area contributed by atoms with Gasteiger partial charge in [-0.05, 0) is 36.4 Å². The topological polar surface area (TPSA) is 120 Å². The van der Waals surface area contributed by atoms with Gasteiger partial charge in [0.05, 0.1) is 30.3 Å². The van der Waals surface area contributed by atoms with E-state index in [0.717, 1.165) is 10.8 Å².